The number of nitrogen functional groups attached to an aromatic ring is 1. The standard InChI is InChI=1S/C16H18N2O/c1-11-4-7-14(8-5-11)18(3)16(19)15-9-6-13(17)10-12(15)2/h4-10H,17H2,1-3H3. The number of rotatable bonds is 2. The fourth-order valence-corrected chi connectivity index (χ4v) is 1.99. The second kappa shape index (κ2) is 5.14. The molecule has 0 aromatic heterocycles. The summed E-state index contributed by atoms with van der Waals surface area (Å²) in [5, 5.41) is 0. The van der Waals surface area contributed by atoms with Crippen LogP contribution >= 0.6 is 0 Å². The highest BCUT2D eigenvalue weighted by Gasteiger charge is 2.15. The van der Waals surface area contributed by atoms with Gasteiger partial charge < -0.3 is 10.6 Å². The van der Waals surface area contributed by atoms with E-state index in [9.17, 15) is 4.79 Å². The van der Waals surface area contributed by atoms with Gasteiger partial charge in [-0.3, -0.25) is 4.79 Å². The highest BCUT2D eigenvalue weighted by atomic mass is 16.2. The predicted molar refractivity (Wildman–Crippen MR) is 79.5 cm³/mol. The van der Waals surface area contributed by atoms with Gasteiger partial charge in [-0.25, -0.2) is 0 Å². The summed E-state index contributed by atoms with van der Waals surface area (Å²) in [4.78, 5) is 14.1. The largest absolute Gasteiger partial charge is 0.399 e. The van der Waals surface area contributed by atoms with E-state index >= 15 is 0 Å². The monoisotopic (exact) mass is 254 g/mol. The number of nitrogens with zero attached hydrogens (tertiary/aromatic N) is 1. The summed E-state index contributed by atoms with van der Waals surface area (Å²) < 4.78 is 0. The zero-order valence-corrected chi connectivity index (χ0v) is 11.5. The van der Waals surface area contributed by atoms with E-state index in [-0.39, 0.29) is 5.91 Å². The van der Waals surface area contributed by atoms with Gasteiger partial charge in [0.25, 0.3) is 5.91 Å². The molecule has 0 saturated carbocycles. The van der Waals surface area contributed by atoms with Gasteiger partial charge in [0.1, 0.15) is 0 Å². The maximum Gasteiger partial charge on any atom is 0.258 e. The molecule has 0 fully saturated rings. The van der Waals surface area contributed by atoms with Gasteiger partial charge in [-0.15, -0.1) is 0 Å². The normalized spacial score (nSPS) is 10.3. The first kappa shape index (κ1) is 13.1. The Morgan fingerprint density at radius 2 is 1.68 bits per heavy atom. The minimum atomic E-state index is -0.0265. The van der Waals surface area contributed by atoms with Crippen LogP contribution in [-0.4, -0.2) is 13.0 Å². The molecular formula is C16H18N2O. The maximum absolute atomic E-state index is 12.4. The summed E-state index contributed by atoms with van der Waals surface area (Å²) in [5.74, 6) is -0.0265. The van der Waals surface area contributed by atoms with Crippen LogP contribution in [0.5, 0.6) is 0 Å². The van der Waals surface area contributed by atoms with Crippen LogP contribution in [0.4, 0.5) is 11.4 Å². The lowest BCUT2D eigenvalue weighted by Crippen LogP contribution is -2.26. The van der Waals surface area contributed by atoms with Gasteiger partial charge in [0.05, 0.1) is 0 Å². The molecule has 0 unspecified atom stereocenters. The van der Waals surface area contributed by atoms with Gasteiger partial charge in [0, 0.05) is 24.0 Å². The van der Waals surface area contributed by atoms with E-state index < -0.39 is 0 Å². The molecule has 3 nitrogen and oxygen atoms in total. The van der Waals surface area contributed by atoms with Crippen molar-refractivity contribution >= 4 is 17.3 Å². The maximum atomic E-state index is 12.4. The van der Waals surface area contributed by atoms with Crippen molar-refractivity contribution < 1.29 is 4.79 Å². The topological polar surface area (TPSA) is 46.3 Å². The second-order valence-electron chi connectivity index (χ2n) is 4.77. The van der Waals surface area contributed by atoms with Crippen LogP contribution in [0.15, 0.2) is 42.5 Å². The first-order valence-electron chi connectivity index (χ1n) is 6.20. The molecule has 0 radical (unpaired) electrons. The van der Waals surface area contributed by atoms with E-state index in [1.807, 2.05) is 44.2 Å². The number of benzene rings is 2. The van der Waals surface area contributed by atoms with Gasteiger partial charge in [-0.05, 0) is 49.7 Å². The Morgan fingerprint density at radius 3 is 2.26 bits per heavy atom. The molecule has 19 heavy (non-hydrogen) atoms. The van der Waals surface area contributed by atoms with Gasteiger partial charge >= 0.3 is 0 Å². The van der Waals surface area contributed by atoms with Gasteiger partial charge in [-0.1, -0.05) is 17.7 Å². The molecule has 0 aliphatic carbocycles. The van der Waals surface area contributed by atoms with Crippen molar-refractivity contribution in [1.82, 2.24) is 0 Å². The average Bonchev–Trinajstić information content (AvgIpc) is 2.38. The molecule has 2 N–H and O–H groups in total. The Kier molecular flexibility index (Phi) is 3.56. The van der Waals surface area contributed by atoms with E-state index in [0.29, 0.717) is 11.3 Å². The van der Waals surface area contributed by atoms with Crippen molar-refractivity contribution in [2.24, 2.45) is 0 Å². The van der Waals surface area contributed by atoms with Crippen LogP contribution in [0.2, 0.25) is 0 Å². The van der Waals surface area contributed by atoms with Crippen LogP contribution < -0.4 is 10.6 Å². The Labute approximate surface area is 113 Å². The Balaban J connectivity index is 2.30. The molecule has 1 amide bonds. The second-order valence-corrected chi connectivity index (χ2v) is 4.77. The average molecular weight is 254 g/mol. The molecule has 0 atom stereocenters. The first-order chi connectivity index (χ1) is 8.99. The number of carbonyl (C=O) groups excluding carboxylic acids is 1. The zero-order valence-electron chi connectivity index (χ0n) is 11.5. The van der Waals surface area contributed by atoms with Crippen molar-refractivity contribution in [2.45, 2.75) is 13.8 Å². The molecule has 2 aromatic carbocycles. The number of carbonyl (C=O) groups is 1. The van der Waals surface area contributed by atoms with Crippen LogP contribution in [0.1, 0.15) is 21.5 Å². The molecule has 0 saturated heterocycles. The summed E-state index contributed by atoms with van der Waals surface area (Å²) >= 11 is 0. The van der Waals surface area contributed by atoms with Gasteiger partial charge in [0.2, 0.25) is 0 Å². The van der Waals surface area contributed by atoms with Crippen molar-refractivity contribution in [1.29, 1.82) is 0 Å². The molecule has 0 spiro atoms. The van der Waals surface area contributed by atoms with Crippen molar-refractivity contribution in [3.63, 3.8) is 0 Å². The third kappa shape index (κ3) is 2.76. The minimum Gasteiger partial charge on any atom is -0.399 e. The predicted octanol–water partition coefficient (Wildman–Crippen LogP) is 3.16. The van der Waals surface area contributed by atoms with Crippen LogP contribution in [0.25, 0.3) is 0 Å². The van der Waals surface area contributed by atoms with E-state index in [1.165, 1.54) is 5.56 Å². The van der Waals surface area contributed by atoms with Crippen molar-refractivity contribution in [3.05, 3.63) is 59.2 Å². The molecule has 2 aromatic rings. The molecule has 0 aliphatic rings. The van der Waals surface area contributed by atoms with Crippen molar-refractivity contribution in [2.75, 3.05) is 17.7 Å². The highest BCUT2D eigenvalue weighted by Crippen LogP contribution is 2.19. The fourth-order valence-electron chi connectivity index (χ4n) is 1.99. The smallest absolute Gasteiger partial charge is 0.258 e. The van der Waals surface area contributed by atoms with Gasteiger partial charge in [0.15, 0.2) is 0 Å². The van der Waals surface area contributed by atoms with E-state index in [2.05, 4.69) is 0 Å². The molecule has 3 heteroatoms. The third-order valence-electron chi connectivity index (χ3n) is 3.21. The molecule has 0 heterocycles. The van der Waals surface area contributed by atoms with E-state index in [0.717, 1.165) is 11.3 Å². The molecule has 0 aliphatic heterocycles. The van der Waals surface area contributed by atoms with Gasteiger partial charge in [-0.2, -0.15) is 0 Å². The summed E-state index contributed by atoms with van der Waals surface area (Å²) in [7, 11) is 1.78. The lowest BCUT2D eigenvalue weighted by molar-refractivity contribution is 0.0992. The lowest BCUT2D eigenvalue weighted by atomic mass is 10.1. The highest BCUT2D eigenvalue weighted by molar-refractivity contribution is 6.06. The number of hydrogen-bond acceptors (Lipinski definition) is 2. The Morgan fingerprint density at radius 1 is 1.05 bits per heavy atom. The number of amides is 1. The fraction of sp³-hybridized carbons (Fsp3) is 0.188. The van der Waals surface area contributed by atoms with E-state index in [1.54, 1.807) is 24.1 Å². The third-order valence-corrected chi connectivity index (χ3v) is 3.21. The molecule has 0 bridgehead atoms. The summed E-state index contributed by atoms with van der Waals surface area (Å²) in [5.41, 5.74) is 10.0. The van der Waals surface area contributed by atoms with Crippen LogP contribution in [-0.2, 0) is 0 Å². The first-order valence-corrected chi connectivity index (χ1v) is 6.20. The van der Waals surface area contributed by atoms with E-state index in [4.69, 9.17) is 5.73 Å². The molecular weight excluding hydrogens is 236 g/mol. The van der Waals surface area contributed by atoms with Crippen LogP contribution in [0.3, 0.4) is 0 Å². The summed E-state index contributed by atoms with van der Waals surface area (Å²) in [6.45, 7) is 3.92. The molecule has 2 rings (SSSR count). The SMILES string of the molecule is Cc1ccc(N(C)C(=O)c2ccc(N)cc2C)cc1. The lowest BCUT2D eigenvalue weighted by Gasteiger charge is -2.19. The zero-order chi connectivity index (χ0) is 14.0. The Bertz CT molecular complexity index is 603. The summed E-state index contributed by atoms with van der Waals surface area (Å²) in [6, 6.07) is 13.2. The number of aryl methyl sites for hydroxylation is 2. The van der Waals surface area contributed by atoms with Crippen LogP contribution in [0, 0.1) is 13.8 Å². The summed E-state index contributed by atoms with van der Waals surface area (Å²) in [6.07, 6.45) is 0. The quantitative estimate of drug-likeness (QED) is 0.837. The number of hydrogen-bond donors (Lipinski definition) is 1. The Hall–Kier alpha value is -2.29. The minimum absolute atomic E-state index is 0.0265. The number of nitrogens with two attached hydrogens (primary N) is 1. The van der Waals surface area contributed by atoms with Crippen molar-refractivity contribution in [3.8, 4) is 0 Å². The molecule has 98 valence electrons. The number of anilines is 2.